The van der Waals surface area contributed by atoms with Gasteiger partial charge in [0.05, 0.1) is 96.6 Å². The lowest BCUT2D eigenvalue weighted by Crippen LogP contribution is -2.00. The minimum atomic E-state index is 0.723. The molecule has 13 heterocycles. The number of pyridine rings is 1. The van der Waals surface area contributed by atoms with Crippen molar-refractivity contribution >= 4 is 224 Å². The molecule has 0 amide bonds. The van der Waals surface area contributed by atoms with E-state index in [1.165, 1.54) is 126 Å². The van der Waals surface area contributed by atoms with Gasteiger partial charge in [-0.25, -0.2) is 39.9 Å². The zero-order chi connectivity index (χ0) is 80.9. The number of nitrogens with zero attached hydrogens (tertiary/aromatic N) is 12. The minimum absolute atomic E-state index is 0.723. The third-order valence-electron chi connectivity index (χ3n) is 22.6. The summed E-state index contributed by atoms with van der Waals surface area (Å²) in [6.45, 7) is 10.7. The van der Waals surface area contributed by atoms with Crippen LogP contribution in [-0.2, 0) is 0 Å². The van der Waals surface area contributed by atoms with E-state index in [-0.39, 0.29) is 0 Å². The summed E-state index contributed by atoms with van der Waals surface area (Å²) in [7, 11) is 0. The fraction of sp³-hybridized carbons (Fsp3) is 0.0481. The SMILES string of the molecule is Cc1ccc2sc3cnc(-c4ccc5c(c4)c4ccccc4n5-c4ccccc4)nc3c2c1.Cc1ccc2sc3cnc(-n4c5ccccc5c5ccccc54)nc3c2c1.Cc1cccc2c1sc1cccnc12.Cc1cccc2c1sc1cnc(-c3ccccc3)nc12.Cc1cccc2c1sc1cnc(-n3c4ccccc4c4ccccc43)nc12. The molecule has 0 radical (unpaired) electrons. The van der Waals surface area contributed by atoms with Crippen molar-refractivity contribution in [1.29, 1.82) is 0 Å². The highest BCUT2D eigenvalue weighted by Gasteiger charge is 2.21. The number of hydrogen-bond donors (Lipinski definition) is 0. The molecule has 26 rings (SSSR count). The first-order chi connectivity index (χ1) is 59.5. The molecule has 0 aliphatic heterocycles. The Bertz CT molecular complexity index is 8350. The number of para-hydroxylation sites is 6. The molecule has 12 nitrogen and oxygen atoms in total. The van der Waals surface area contributed by atoms with Crippen LogP contribution in [-0.4, -0.2) is 58.6 Å². The summed E-state index contributed by atoms with van der Waals surface area (Å²) in [4.78, 5) is 42.9. The van der Waals surface area contributed by atoms with Gasteiger partial charge in [-0.1, -0.05) is 217 Å². The molecule has 13 aromatic heterocycles. The first-order valence-electron chi connectivity index (χ1n) is 40.0. The van der Waals surface area contributed by atoms with E-state index in [0.717, 1.165) is 109 Å². The van der Waals surface area contributed by atoms with Gasteiger partial charge >= 0.3 is 0 Å². The highest BCUT2D eigenvalue weighted by Crippen LogP contribution is 2.43. The van der Waals surface area contributed by atoms with Crippen molar-refractivity contribution in [2.75, 3.05) is 0 Å². The largest absolute Gasteiger partial charge is 0.309 e. The molecule has 17 heteroatoms. The van der Waals surface area contributed by atoms with Gasteiger partial charge in [-0.05, 0) is 148 Å². The van der Waals surface area contributed by atoms with Crippen molar-refractivity contribution in [2.45, 2.75) is 34.6 Å². The maximum atomic E-state index is 5.02. The molecule has 121 heavy (non-hydrogen) atoms. The van der Waals surface area contributed by atoms with Crippen molar-refractivity contribution in [2.24, 2.45) is 0 Å². The zero-order valence-corrected chi connectivity index (χ0v) is 70.2. The smallest absolute Gasteiger partial charge is 0.235 e. The van der Waals surface area contributed by atoms with E-state index in [1.54, 1.807) is 45.3 Å². The molecule has 0 bridgehead atoms. The lowest BCUT2D eigenvalue weighted by Gasteiger charge is -2.07. The fourth-order valence-electron chi connectivity index (χ4n) is 16.9. The molecule has 0 aliphatic rings. The van der Waals surface area contributed by atoms with Crippen LogP contribution in [0.2, 0.25) is 0 Å². The molecular weight excluding hydrogens is 1580 g/mol. The number of aromatic nitrogens is 12. The Balaban J connectivity index is 0.0000000927. The van der Waals surface area contributed by atoms with E-state index in [0.29, 0.717) is 0 Å². The number of thiophene rings is 5. The van der Waals surface area contributed by atoms with Crippen LogP contribution in [0.4, 0.5) is 0 Å². The summed E-state index contributed by atoms with van der Waals surface area (Å²) in [5.74, 6) is 3.00. The monoisotopic (exact) mass is 1650 g/mol. The zero-order valence-electron chi connectivity index (χ0n) is 66.2. The van der Waals surface area contributed by atoms with Crippen LogP contribution in [0.25, 0.3) is 207 Å². The van der Waals surface area contributed by atoms with Gasteiger partial charge in [-0.15, -0.1) is 56.7 Å². The lowest BCUT2D eigenvalue weighted by molar-refractivity contribution is 1.01. The number of fused-ring (bicyclic) bond motifs is 24. The van der Waals surface area contributed by atoms with Gasteiger partial charge < -0.3 is 4.57 Å². The van der Waals surface area contributed by atoms with Gasteiger partial charge in [-0.3, -0.25) is 14.1 Å². The second kappa shape index (κ2) is 30.3. The van der Waals surface area contributed by atoms with Crippen molar-refractivity contribution in [3.63, 3.8) is 0 Å². The maximum Gasteiger partial charge on any atom is 0.235 e. The third kappa shape index (κ3) is 12.9. The van der Waals surface area contributed by atoms with Gasteiger partial charge in [0, 0.05) is 118 Å². The summed E-state index contributed by atoms with van der Waals surface area (Å²) in [6, 6.07) is 106. The first kappa shape index (κ1) is 73.2. The molecule has 0 spiro atoms. The van der Waals surface area contributed by atoms with Crippen LogP contribution in [0.15, 0.2) is 334 Å². The van der Waals surface area contributed by atoms with E-state index in [2.05, 4.69) is 325 Å². The molecular formula is C104H70N12S5. The third-order valence-corrected chi connectivity index (χ3v) is 28.6. The minimum Gasteiger partial charge on any atom is -0.309 e. The average molecular weight is 1650 g/mol. The molecule has 13 aromatic carbocycles. The van der Waals surface area contributed by atoms with Gasteiger partial charge in [0.25, 0.3) is 0 Å². The van der Waals surface area contributed by atoms with Crippen molar-refractivity contribution in [1.82, 2.24) is 58.6 Å². The van der Waals surface area contributed by atoms with Crippen LogP contribution in [0.3, 0.4) is 0 Å². The molecule has 0 saturated heterocycles. The number of benzene rings is 13. The highest BCUT2D eigenvalue weighted by atomic mass is 32.1. The number of hydrogen-bond acceptors (Lipinski definition) is 14. The number of rotatable bonds is 5. The summed E-state index contributed by atoms with van der Waals surface area (Å²) < 4.78 is 18.9. The molecule has 0 saturated carbocycles. The standard InChI is InChI=1S/C29H19N3S.2C23H15N3S.C17H12N2S.C12H9NS/c1-18-11-14-26-23(15-18)28-27(33-26)17-30-29(31-28)19-12-13-25-22(16-19)21-9-5-6-10-24(21)32(25)20-7-3-2-4-8-20;1-14-7-6-10-17-21-20(27-22(14)17)13-24-23(25-21)26-18-11-4-2-8-15(18)16-9-3-5-12-19(16)26;1-14-10-11-20-17(12-14)22-21(27-20)13-24-23(25-22)26-18-8-4-2-6-15(18)16-7-3-5-9-19(16)26;1-11-6-5-9-13-15-14(20-16(11)13)10-18-17(19-15)12-7-3-2-4-8-12;1-8-4-2-5-9-11-10(14-12(8)9)6-3-7-13-11/h2-17H,1H3;2*2-13H,1H3;2-10H,1H3;2-7H,1H3. The molecule has 0 unspecified atom stereocenters. The van der Waals surface area contributed by atoms with E-state index in [4.69, 9.17) is 34.9 Å². The second-order valence-electron chi connectivity index (χ2n) is 30.3. The van der Waals surface area contributed by atoms with E-state index >= 15 is 0 Å². The quantitative estimate of drug-likeness (QED) is 0.165. The van der Waals surface area contributed by atoms with Crippen LogP contribution in [0.5, 0.6) is 0 Å². The highest BCUT2D eigenvalue weighted by molar-refractivity contribution is 7.27. The number of aryl methyl sites for hydroxylation is 5. The van der Waals surface area contributed by atoms with Crippen LogP contribution >= 0.6 is 56.7 Å². The topological polar surface area (TPSA) is 131 Å². The van der Waals surface area contributed by atoms with Gasteiger partial charge in [0.15, 0.2) is 11.6 Å². The molecule has 0 fully saturated rings. The van der Waals surface area contributed by atoms with Crippen LogP contribution < -0.4 is 0 Å². The molecule has 0 atom stereocenters. The summed E-state index contributed by atoms with van der Waals surface area (Å²) in [5.41, 5.74) is 21.9. The Morgan fingerprint density at radius 3 is 1.09 bits per heavy atom. The van der Waals surface area contributed by atoms with E-state index in [1.807, 2.05) is 78.7 Å². The fourth-order valence-corrected chi connectivity index (χ4v) is 22.1. The van der Waals surface area contributed by atoms with Gasteiger partial charge in [-0.2, -0.15) is 0 Å². The average Bonchev–Trinajstić information content (AvgIpc) is 1.62. The molecule has 576 valence electrons. The predicted molar refractivity (Wildman–Crippen MR) is 514 cm³/mol. The Morgan fingerprint density at radius 2 is 0.595 bits per heavy atom. The van der Waals surface area contributed by atoms with Gasteiger partial charge in [0.1, 0.15) is 0 Å². The lowest BCUT2D eigenvalue weighted by atomic mass is 10.1. The van der Waals surface area contributed by atoms with E-state index in [9.17, 15) is 0 Å². The van der Waals surface area contributed by atoms with Gasteiger partial charge in [0.2, 0.25) is 11.9 Å². The normalized spacial score (nSPS) is 11.7. The Kier molecular flexibility index (Phi) is 18.4. The summed E-state index contributed by atoms with van der Waals surface area (Å²) in [6.07, 6.45) is 9.69. The van der Waals surface area contributed by atoms with Crippen molar-refractivity contribution in [3.05, 3.63) is 362 Å². The van der Waals surface area contributed by atoms with Crippen LogP contribution in [0, 0.1) is 34.6 Å². The summed E-state index contributed by atoms with van der Waals surface area (Å²) in [5, 5.41) is 13.5. The van der Waals surface area contributed by atoms with Crippen molar-refractivity contribution < 1.29 is 0 Å². The maximum absolute atomic E-state index is 5.02. The Hall–Kier alpha value is -14.2. The Labute approximate surface area is 713 Å². The molecule has 0 N–H and O–H groups in total. The second-order valence-corrected chi connectivity index (χ2v) is 35.6. The predicted octanol–water partition coefficient (Wildman–Crippen LogP) is 29.0. The van der Waals surface area contributed by atoms with E-state index < -0.39 is 0 Å². The molecule has 0 aliphatic carbocycles. The Morgan fingerprint density at radius 1 is 0.223 bits per heavy atom. The van der Waals surface area contributed by atoms with Crippen LogP contribution in [0.1, 0.15) is 27.8 Å². The first-order valence-corrected chi connectivity index (χ1v) is 44.1. The molecule has 26 aromatic rings. The summed E-state index contributed by atoms with van der Waals surface area (Å²) >= 11 is 8.86. The van der Waals surface area contributed by atoms with Crippen molar-refractivity contribution in [3.8, 4) is 40.4 Å².